The molecule has 252 valence electrons. The van der Waals surface area contributed by atoms with Crippen molar-refractivity contribution in [1.82, 2.24) is 34.5 Å². The van der Waals surface area contributed by atoms with E-state index in [9.17, 15) is 9.59 Å². The van der Waals surface area contributed by atoms with E-state index in [1.54, 1.807) is 52.3 Å². The number of ether oxygens (including phenoxy) is 2. The molecule has 1 aliphatic rings. The quantitative estimate of drug-likeness (QED) is 0.205. The molecule has 48 heavy (non-hydrogen) atoms. The molecular formula is C34H40FN9O4. The second-order valence-electron chi connectivity index (χ2n) is 13.0. The fourth-order valence-corrected chi connectivity index (χ4v) is 5.85. The largest absolute Gasteiger partial charge is 0.442 e. The lowest BCUT2D eigenvalue weighted by Gasteiger charge is -2.36. The number of halogens is 1. The van der Waals surface area contributed by atoms with Gasteiger partial charge in [-0.2, -0.15) is 9.78 Å². The Morgan fingerprint density at radius 3 is 2.60 bits per heavy atom. The van der Waals surface area contributed by atoms with Gasteiger partial charge in [-0.1, -0.05) is 12.1 Å². The fraction of sp³-hybridized carbons (Fsp3) is 0.382. The van der Waals surface area contributed by atoms with Gasteiger partial charge >= 0.3 is 6.09 Å². The van der Waals surface area contributed by atoms with Crippen molar-refractivity contribution in [2.45, 2.75) is 39.3 Å². The summed E-state index contributed by atoms with van der Waals surface area (Å²) in [6.07, 6.45) is 2.17. The number of hydrogen-bond acceptors (Lipinski definition) is 10. The average Bonchev–Trinajstić information content (AvgIpc) is 3.62. The summed E-state index contributed by atoms with van der Waals surface area (Å²) in [5.74, 6) is -0.635. The van der Waals surface area contributed by atoms with Gasteiger partial charge in [0.25, 0.3) is 0 Å². The summed E-state index contributed by atoms with van der Waals surface area (Å²) in [4.78, 5) is 42.6. The Bertz CT molecular complexity index is 1970. The van der Waals surface area contributed by atoms with E-state index in [1.165, 1.54) is 4.68 Å². The van der Waals surface area contributed by atoms with E-state index in [1.807, 2.05) is 25.1 Å². The van der Waals surface area contributed by atoms with Crippen LogP contribution in [0.3, 0.4) is 0 Å². The molecule has 0 unspecified atom stereocenters. The highest BCUT2D eigenvalue weighted by Gasteiger charge is 2.29. The molecule has 14 heteroatoms. The van der Waals surface area contributed by atoms with Crippen LogP contribution in [0.25, 0.3) is 33.1 Å². The first-order chi connectivity index (χ1) is 22.9. The van der Waals surface area contributed by atoms with Crippen molar-refractivity contribution in [3.63, 3.8) is 0 Å². The summed E-state index contributed by atoms with van der Waals surface area (Å²) < 4.78 is 27.5. The van der Waals surface area contributed by atoms with Gasteiger partial charge in [0, 0.05) is 61.5 Å². The molecule has 4 heterocycles. The molecule has 5 aromatic rings. The highest BCUT2D eigenvalue weighted by atomic mass is 19.1. The van der Waals surface area contributed by atoms with Crippen molar-refractivity contribution in [3.05, 3.63) is 60.3 Å². The Kier molecular flexibility index (Phi) is 9.14. The number of anilines is 3. The summed E-state index contributed by atoms with van der Waals surface area (Å²) in [5.41, 5.74) is 2.88. The Hall–Kier alpha value is -4.92. The summed E-state index contributed by atoms with van der Waals surface area (Å²) in [6.45, 7) is 10.7. The number of aromatic amines is 1. The van der Waals surface area contributed by atoms with Crippen LogP contribution in [0.2, 0.25) is 0 Å². The summed E-state index contributed by atoms with van der Waals surface area (Å²) in [5, 5.41) is 12.0. The summed E-state index contributed by atoms with van der Waals surface area (Å²) >= 11 is 0. The van der Waals surface area contributed by atoms with Crippen LogP contribution >= 0.6 is 0 Å². The monoisotopic (exact) mass is 657 g/mol. The molecule has 1 aliphatic heterocycles. The lowest BCUT2D eigenvalue weighted by molar-refractivity contribution is -0.124. The van der Waals surface area contributed by atoms with Crippen LogP contribution < -0.4 is 10.6 Å². The second kappa shape index (κ2) is 13.3. The van der Waals surface area contributed by atoms with Gasteiger partial charge in [-0.3, -0.25) is 9.69 Å². The number of hydrogen-bond donors (Lipinski definition) is 3. The second-order valence-corrected chi connectivity index (χ2v) is 13.0. The Balaban J connectivity index is 1.26. The van der Waals surface area contributed by atoms with E-state index in [-0.39, 0.29) is 24.2 Å². The number of carbonyl (C=O) groups excluding carboxylic acids is 2. The highest BCUT2D eigenvalue weighted by molar-refractivity contribution is 6.06. The number of nitrogens with zero attached hydrogens (tertiary/aromatic N) is 6. The van der Waals surface area contributed by atoms with Crippen molar-refractivity contribution >= 4 is 51.1 Å². The van der Waals surface area contributed by atoms with Gasteiger partial charge in [-0.25, -0.2) is 19.2 Å². The zero-order chi connectivity index (χ0) is 34.2. The zero-order valence-electron chi connectivity index (χ0n) is 27.9. The minimum Gasteiger partial charge on any atom is -0.442 e. The van der Waals surface area contributed by atoms with Gasteiger partial charge in [0.05, 0.1) is 35.2 Å². The number of para-hydroxylation sites is 1. The number of piperazine rings is 1. The maximum atomic E-state index is 15.3. The van der Waals surface area contributed by atoms with Crippen molar-refractivity contribution in [3.8, 4) is 11.3 Å². The molecule has 0 bridgehead atoms. The lowest BCUT2D eigenvalue weighted by Crippen LogP contribution is -2.54. The van der Waals surface area contributed by atoms with E-state index in [2.05, 4.69) is 47.5 Å². The summed E-state index contributed by atoms with van der Waals surface area (Å²) in [7, 11) is 3.66. The van der Waals surface area contributed by atoms with Crippen LogP contribution in [0, 0.1) is 12.7 Å². The van der Waals surface area contributed by atoms with Crippen LogP contribution in [0.15, 0.2) is 48.8 Å². The predicted octanol–water partition coefficient (Wildman–Crippen LogP) is 5.15. The van der Waals surface area contributed by atoms with Crippen molar-refractivity contribution in [1.29, 1.82) is 0 Å². The molecule has 0 saturated carbocycles. The maximum Gasteiger partial charge on any atom is 0.435 e. The molecule has 3 N–H and O–H groups in total. The molecule has 13 nitrogen and oxygen atoms in total. The number of aromatic nitrogens is 5. The zero-order valence-corrected chi connectivity index (χ0v) is 27.9. The number of nitrogens with one attached hydrogen (secondary N) is 3. The van der Waals surface area contributed by atoms with Gasteiger partial charge in [0.2, 0.25) is 11.9 Å². The van der Waals surface area contributed by atoms with E-state index < -0.39 is 23.6 Å². The van der Waals surface area contributed by atoms with Crippen LogP contribution in [-0.2, 0) is 14.3 Å². The van der Waals surface area contributed by atoms with Crippen LogP contribution in [-0.4, -0.2) is 105 Å². The van der Waals surface area contributed by atoms with Gasteiger partial charge in [0.1, 0.15) is 17.3 Å². The summed E-state index contributed by atoms with van der Waals surface area (Å²) in [6, 6.07) is 10.4. The number of amides is 1. The topological polar surface area (TPSA) is 143 Å². The van der Waals surface area contributed by atoms with E-state index in [0.29, 0.717) is 39.1 Å². The third kappa shape index (κ3) is 6.86. The average molecular weight is 658 g/mol. The van der Waals surface area contributed by atoms with Crippen LogP contribution in [0.4, 0.5) is 26.5 Å². The van der Waals surface area contributed by atoms with E-state index in [4.69, 9.17) is 9.47 Å². The molecule has 1 saturated heterocycles. The number of methoxy groups -OCH3 is 1. The van der Waals surface area contributed by atoms with E-state index >= 15 is 4.39 Å². The van der Waals surface area contributed by atoms with Crippen LogP contribution in [0.5, 0.6) is 0 Å². The third-order valence-corrected chi connectivity index (χ3v) is 8.27. The number of H-pyrrole nitrogens is 1. The van der Waals surface area contributed by atoms with E-state index in [0.717, 1.165) is 37.8 Å². The van der Waals surface area contributed by atoms with Crippen molar-refractivity contribution in [2.24, 2.45) is 0 Å². The molecule has 1 atom stereocenters. The Morgan fingerprint density at radius 2 is 1.88 bits per heavy atom. The molecule has 0 aliphatic carbocycles. The molecule has 2 aromatic carbocycles. The molecule has 1 amide bonds. The first kappa shape index (κ1) is 33.0. The van der Waals surface area contributed by atoms with Gasteiger partial charge in [-0.15, -0.1) is 0 Å². The first-order valence-corrected chi connectivity index (χ1v) is 15.8. The normalized spacial score (nSPS) is 15.1. The first-order valence-electron chi connectivity index (χ1n) is 15.8. The van der Waals surface area contributed by atoms with Crippen molar-refractivity contribution in [2.75, 3.05) is 57.6 Å². The lowest BCUT2D eigenvalue weighted by atomic mass is 10.1. The smallest absolute Gasteiger partial charge is 0.435 e. The number of carbonyl (C=O) groups is 2. The number of rotatable bonds is 8. The molecule has 6 rings (SSSR count). The van der Waals surface area contributed by atoms with Gasteiger partial charge in [0.15, 0.2) is 5.82 Å². The van der Waals surface area contributed by atoms with Gasteiger partial charge < -0.3 is 30.0 Å². The predicted molar refractivity (Wildman–Crippen MR) is 182 cm³/mol. The SMILES string of the molecule is COC[C@H](C(=O)Nc1cccc2c(-c3nc(Nc4ccc5c(C)nn(C(=O)OC(C)(C)C)c5c4)ncc3F)c[nH]c12)N1CCN(C)CC1. The molecular weight excluding hydrogens is 617 g/mol. The number of aryl methyl sites for hydroxylation is 1. The maximum absolute atomic E-state index is 15.3. The number of benzene rings is 2. The third-order valence-electron chi connectivity index (χ3n) is 8.27. The minimum atomic E-state index is -0.691. The Labute approximate surface area is 277 Å². The molecule has 0 radical (unpaired) electrons. The fourth-order valence-electron chi connectivity index (χ4n) is 5.85. The Morgan fingerprint density at radius 1 is 1.10 bits per heavy atom. The molecule has 1 fully saturated rings. The van der Waals surface area contributed by atoms with Crippen LogP contribution in [0.1, 0.15) is 26.5 Å². The van der Waals surface area contributed by atoms with Gasteiger partial charge in [-0.05, 0) is 59.0 Å². The molecule has 3 aromatic heterocycles. The molecule has 0 spiro atoms. The minimum absolute atomic E-state index is 0.0765. The van der Waals surface area contributed by atoms with Crippen molar-refractivity contribution < 1.29 is 23.5 Å². The highest BCUT2D eigenvalue weighted by Crippen LogP contribution is 2.34. The number of fused-ring (bicyclic) bond motifs is 2. The number of likely N-dealkylation sites (N-methyl/N-ethyl adjacent to an activating group) is 1. The standard InChI is InChI=1S/C34H40FN9O4/c1-20-22-11-10-21(16-27(22)44(41-20)33(46)48-34(2,3)4)38-32-37-18-25(35)29(40-32)24-17-36-30-23(24)8-7-9-26(30)39-31(45)28(19-47-6)43-14-12-42(5)13-15-43/h7-11,16-18,28,36H,12-15,19H2,1-6H3,(H,39,45)(H,37,38,40)/t28-/m1/s1.